The van der Waals surface area contributed by atoms with Crippen LogP contribution in [0.15, 0.2) is 24.3 Å². The zero-order valence-corrected chi connectivity index (χ0v) is 10.9. The Labute approximate surface area is 105 Å². The van der Waals surface area contributed by atoms with Gasteiger partial charge in [-0.3, -0.25) is 0 Å². The molecular formula is C16H24O. The number of aliphatic hydroxyl groups excluding tert-OH is 1. The Morgan fingerprint density at radius 2 is 2.00 bits per heavy atom. The number of fused-ring (bicyclic) bond motifs is 1. The summed E-state index contributed by atoms with van der Waals surface area (Å²) in [4.78, 5) is 0. The van der Waals surface area contributed by atoms with Crippen molar-refractivity contribution in [3.63, 3.8) is 0 Å². The van der Waals surface area contributed by atoms with Crippen molar-refractivity contribution in [1.82, 2.24) is 0 Å². The molecule has 1 heteroatoms. The van der Waals surface area contributed by atoms with Gasteiger partial charge in [-0.2, -0.15) is 0 Å². The van der Waals surface area contributed by atoms with Gasteiger partial charge < -0.3 is 5.11 Å². The summed E-state index contributed by atoms with van der Waals surface area (Å²) in [7, 11) is 0. The third kappa shape index (κ3) is 3.32. The first-order valence-corrected chi connectivity index (χ1v) is 7.06. The average Bonchev–Trinajstić information content (AvgIpc) is 2.38. The number of hydrogen-bond donors (Lipinski definition) is 1. The van der Waals surface area contributed by atoms with Crippen molar-refractivity contribution in [2.45, 2.75) is 58.0 Å². The van der Waals surface area contributed by atoms with Crippen LogP contribution in [0.1, 0.15) is 50.2 Å². The van der Waals surface area contributed by atoms with Gasteiger partial charge in [0.05, 0.1) is 6.10 Å². The second kappa shape index (κ2) is 6.20. The molecule has 0 bridgehead atoms. The molecule has 2 unspecified atom stereocenters. The lowest BCUT2D eigenvalue weighted by molar-refractivity contribution is 0.0882. The molecule has 0 aromatic heterocycles. The van der Waals surface area contributed by atoms with Crippen LogP contribution >= 0.6 is 0 Å². The van der Waals surface area contributed by atoms with Gasteiger partial charge in [-0.15, -0.1) is 0 Å². The Bertz CT molecular complexity index is 345. The van der Waals surface area contributed by atoms with E-state index in [2.05, 4.69) is 31.2 Å². The van der Waals surface area contributed by atoms with Crippen molar-refractivity contribution < 1.29 is 5.11 Å². The summed E-state index contributed by atoms with van der Waals surface area (Å²) in [6.45, 7) is 2.21. The van der Waals surface area contributed by atoms with Gasteiger partial charge in [-0.25, -0.2) is 0 Å². The molecule has 0 spiro atoms. The molecule has 94 valence electrons. The van der Waals surface area contributed by atoms with Crippen LogP contribution in [0.4, 0.5) is 0 Å². The predicted molar refractivity (Wildman–Crippen MR) is 72.1 cm³/mol. The normalized spacial score (nSPS) is 20.9. The summed E-state index contributed by atoms with van der Waals surface area (Å²) < 4.78 is 0. The highest BCUT2D eigenvalue weighted by Gasteiger charge is 2.24. The minimum atomic E-state index is -0.0880. The lowest BCUT2D eigenvalue weighted by Gasteiger charge is -2.28. The van der Waals surface area contributed by atoms with Gasteiger partial charge in [0.1, 0.15) is 0 Å². The van der Waals surface area contributed by atoms with Gasteiger partial charge >= 0.3 is 0 Å². The maximum atomic E-state index is 10.2. The van der Waals surface area contributed by atoms with E-state index in [1.165, 1.54) is 30.4 Å². The Morgan fingerprint density at radius 3 is 2.76 bits per heavy atom. The van der Waals surface area contributed by atoms with Crippen LogP contribution in [0.5, 0.6) is 0 Å². The number of unbranched alkanes of at least 4 members (excludes halogenated alkanes) is 2. The lowest BCUT2D eigenvalue weighted by Crippen LogP contribution is -2.26. The molecule has 2 atom stereocenters. The molecule has 17 heavy (non-hydrogen) atoms. The number of aliphatic hydroxyl groups is 1. The Hall–Kier alpha value is -0.820. The quantitative estimate of drug-likeness (QED) is 0.767. The standard InChI is InChI=1S/C16H24O/c1-2-3-4-9-16(17)15-11-10-13-7-5-6-8-14(13)12-15/h5-8,15-17H,2-4,9-12H2,1H3. The molecule has 0 saturated heterocycles. The molecule has 1 nitrogen and oxygen atoms in total. The average molecular weight is 232 g/mol. The second-order valence-corrected chi connectivity index (χ2v) is 5.33. The molecule has 1 N–H and O–H groups in total. The predicted octanol–water partition coefficient (Wildman–Crippen LogP) is 3.73. The maximum absolute atomic E-state index is 10.2. The van der Waals surface area contributed by atoms with Crippen LogP contribution in [0.3, 0.4) is 0 Å². The van der Waals surface area contributed by atoms with Gasteiger partial charge in [0.25, 0.3) is 0 Å². The van der Waals surface area contributed by atoms with Crippen molar-refractivity contribution in [3.05, 3.63) is 35.4 Å². The van der Waals surface area contributed by atoms with Crippen LogP contribution in [0.2, 0.25) is 0 Å². The Balaban J connectivity index is 1.88. The molecule has 1 aliphatic rings. The molecule has 0 amide bonds. The van der Waals surface area contributed by atoms with Crippen LogP contribution < -0.4 is 0 Å². The zero-order chi connectivity index (χ0) is 12.1. The summed E-state index contributed by atoms with van der Waals surface area (Å²) in [5.74, 6) is 0.488. The summed E-state index contributed by atoms with van der Waals surface area (Å²) >= 11 is 0. The fraction of sp³-hybridized carbons (Fsp3) is 0.625. The molecular weight excluding hydrogens is 208 g/mol. The molecule has 1 aromatic carbocycles. The highest BCUT2D eigenvalue weighted by atomic mass is 16.3. The molecule has 0 heterocycles. The Morgan fingerprint density at radius 1 is 1.24 bits per heavy atom. The van der Waals surface area contributed by atoms with E-state index in [1.807, 2.05) is 0 Å². The van der Waals surface area contributed by atoms with Gasteiger partial charge in [0, 0.05) is 0 Å². The highest BCUT2D eigenvalue weighted by molar-refractivity contribution is 5.29. The first kappa shape index (κ1) is 12.6. The van der Waals surface area contributed by atoms with Crippen molar-refractivity contribution >= 4 is 0 Å². The first-order chi connectivity index (χ1) is 8.31. The largest absolute Gasteiger partial charge is 0.393 e. The van der Waals surface area contributed by atoms with E-state index >= 15 is 0 Å². The van der Waals surface area contributed by atoms with E-state index in [9.17, 15) is 5.11 Å². The second-order valence-electron chi connectivity index (χ2n) is 5.33. The fourth-order valence-electron chi connectivity index (χ4n) is 2.89. The molecule has 2 rings (SSSR count). The van der Waals surface area contributed by atoms with Crippen LogP contribution in [0.25, 0.3) is 0 Å². The smallest absolute Gasteiger partial charge is 0.0571 e. The van der Waals surface area contributed by atoms with Crippen molar-refractivity contribution in [2.75, 3.05) is 0 Å². The summed E-state index contributed by atoms with van der Waals surface area (Å²) in [6.07, 6.45) is 7.94. The first-order valence-electron chi connectivity index (χ1n) is 7.06. The van der Waals surface area contributed by atoms with E-state index in [0.29, 0.717) is 5.92 Å². The number of hydrogen-bond acceptors (Lipinski definition) is 1. The van der Waals surface area contributed by atoms with Crippen LogP contribution in [-0.4, -0.2) is 11.2 Å². The van der Waals surface area contributed by atoms with Gasteiger partial charge in [0.2, 0.25) is 0 Å². The Kier molecular flexibility index (Phi) is 4.61. The number of rotatable bonds is 5. The van der Waals surface area contributed by atoms with Gasteiger partial charge in [-0.1, -0.05) is 50.5 Å². The third-order valence-corrected chi connectivity index (χ3v) is 4.03. The lowest BCUT2D eigenvalue weighted by atomic mass is 9.80. The van der Waals surface area contributed by atoms with E-state index in [-0.39, 0.29) is 6.10 Å². The summed E-state index contributed by atoms with van der Waals surface area (Å²) in [6, 6.07) is 8.69. The van der Waals surface area contributed by atoms with Crippen LogP contribution in [-0.2, 0) is 12.8 Å². The third-order valence-electron chi connectivity index (χ3n) is 4.03. The minimum absolute atomic E-state index is 0.0880. The molecule has 1 aromatic rings. The monoisotopic (exact) mass is 232 g/mol. The SMILES string of the molecule is CCCCCC(O)C1CCc2ccccc2C1. The van der Waals surface area contributed by atoms with Crippen molar-refractivity contribution in [3.8, 4) is 0 Å². The van der Waals surface area contributed by atoms with E-state index in [4.69, 9.17) is 0 Å². The molecule has 0 saturated carbocycles. The van der Waals surface area contributed by atoms with Crippen molar-refractivity contribution in [2.24, 2.45) is 5.92 Å². The molecule has 0 aliphatic heterocycles. The molecule has 0 radical (unpaired) electrons. The van der Waals surface area contributed by atoms with Gasteiger partial charge in [0.15, 0.2) is 0 Å². The zero-order valence-electron chi connectivity index (χ0n) is 10.9. The van der Waals surface area contributed by atoms with E-state index in [1.54, 1.807) is 0 Å². The fourth-order valence-corrected chi connectivity index (χ4v) is 2.89. The molecule has 1 aliphatic carbocycles. The van der Waals surface area contributed by atoms with Crippen LogP contribution in [0, 0.1) is 5.92 Å². The number of benzene rings is 1. The summed E-state index contributed by atoms with van der Waals surface area (Å²) in [5.41, 5.74) is 2.95. The number of aryl methyl sites for hydroxylation is 1. The topological polar surface area (TPSA) is 20.2 Å². The highest BCUT2D eigenvalue weighted by Crippen LogP contribution is 2.29. The maximum Gasteiger partial charge on any atom is 0.0571 e. The summed E-state index contributed by atoms with van der Waals surface area (Å²) in [5, 5.41) is 10.2. The van der Waals surface area contributed by atoms with Gasteiger partial charge in [-0.05, 0) is 42.7 Å². The minimum Gasteiger partial charge on any atom is -0.393 e. The molecule has 0 fully saturated rings. The van der Waals surface area contributed by atoms with E-state index < -0.39 is 0 Å². The van der Waals surface area contributed by atoms with Crippen molar-refractivity contribution in [1.29, 1.82) is 0 Å². The van der Waals surface area contributed by atoms with E-state index in [0.717, 1.165) is 25.7 Å².